The van der Waals surface area contributed by atoms with E-state index in [0.717, 1.165) is 19.3 Å². The summed E-state index contributed by atoms with van der Waals surface area (Å²) in [5.41, 5.74) is 9.45. The molecule has 0 aliphatic rings. The van der Waals surface area contributed by atoms with E-state index in [1.165, 1.54) is 116 Å². The third-order valence-electron chi connectivity index (χ3n) is 7.27. The molecule has 34 heavy (non-hydrogen) atoms. The minimum Gasteiger partial charge on any atom is -0.376 e. The lowest BCUT2D eigenvalue weighted by atomic mass is 9.79. The molecule has 0 saturated heterocycles. The highest BCUT2D eigenvalue weighted by atomic mass is 16.3. The van der Waals surface area contributed by atoms with Crippen molar-refractivity contribution in [2.24, 2.45) is 16.9 Å². The van der Waals surface area contributed by atoms with Crippen LogP contribution in [0.5, 0.6) is 0 Å². The molecule has 0 aliphatic heterocycles. The van der Waals surface area contributed by atoms with Crippen molar-refractivity contribution < 1.29 is 9.90 Å². The van der Waals surface area contributed by atoms with Crippen molar-refractivity contribution in [2.75, 3.05) is 0 Å². The Morgan fingerprint density at radius 3 is 1.09 bits per heavy atom. The van der Waals surface area contributed by atoms with E-state index in [-0.39, 0.29) is 11.3 Å². The Labute approximate surface area is 214 Å². The van der Waals surface area contributed by atoms with Gasteiger partial charge in [0.1, 0.15) is 5.72 Å². The van der Waals surface area contributed by atoms with Crippen molar-refractivity contribution in [1.29, 1.82) is 0 Å². The smallest absolute Gasteiger partial charge is 0.217 e. The van der Waals surface area contributed by atoms with Gasteiger partial charge in [0.15, 0.2) is 0 Å². The van der Waals surface area contributed by atoms with Crippen LogP contribution < -0.4 is 11.5 Å². The summed E-state index contributed by atoms with van der Waals surface area (Å²) >= 11 is 0. The molecule has 5 N–H and O–H groups in total. The first-order valence-corrected chi connectivity index (χ1v) is 14.9. The normalized spacial score (nSPS) is 13.3. The van der Waals surface area contributed by atoms with Gasteiger partial charge in [0.05, 0.1) is 0 Å². The first-order valence-electron chi connectivity index (χ1n) is 14.9. The number of carbonyl (C=O) groups excluding carboxylic acids is 1. The van der Waals surface area contributed by atoms with Gasteiger partial charge in [0.2, 0.25) is 5.91 Å². The average Bonchev–Trinajstić information content (AvgIpc) is 2.75. The monoisotopic (exact) mass is 484 g/mol. The lowest BCUT2D eigenvalue weighted by Gasteiger charge is -2.36. The Morgan fingerprint density at radius 1 is 0.588 bits per heavy atom. The van der Waals surface area contributed by atoms with Crippen LogP contribution in [0.25, 0.3) is 0 Å². The summed E-state index contributed by atoms with van der Waals surface area (Å²) in [5, 5.41) is 9.45. The Hall–Kier alpha value is -0.610. The first kappa shape index (κ1) is 35.6. The van der Waals surface area contributed by atoms with Crippen LogP contribution in [-0.2, 0) is 4.79 Å². The molecule has 4 heteroatoms. The summed E-state index contributed by atoms with van der Waals surface area (Å²) in [6.07, 6.45) is 28.8. The van der Waals surface area contributed by atoms with Crippen LogP contribution in [0.15, 0.2) is 0 Å². The predicted octanol–water partition coefficient (Wildman–Crippen LogP) is 8.77. The molecule has 0 bridgehead atoms. The van der Waals surface area contributed by atoms with E-state index in [4.69, 9.17) is 11.5 Å². The number of amides is 1. The fourth-order valence-corrected chi connectivity index (χ4v) is 4.26. The van der Waals surface area contributed by atoms with Gasteiger partial charge < -0.3 is 16.6 Å². The van der Waals surface area contributed by atoms with Crippen LogP contribution in [0.1, 0.15) is 176 Å². The maximum Gasteiger partial charge on any atom is 0.217 e. The van der Waals surface area contributed by atoms with Gasteiger partial charge in [-0.1, -0.05) is 150 Å². The van der Waals surface area contributed by atoms with Crippen LogP contribution >= 0.6 is 0 Å². The molecule has 0 aromatic rings. The SMILES string of the molecule is CCCC(C)(C)C(C)(N)O.CCCCCCCCCCCCCCCCCCCCCC(N)=O. The van der Waals surface area contributed by atoms with Gasteiger partial charge in [-0.15, -0.1) is 0 Å². The fourth-order valence-electron chi connectivity index (χ4n) is 4.26. The molecule has 0 radical (unpaired) electrons. The molecule has 0 aromatic carbocycles. The molecule has 4 nitrogen and oxygen atoms in total. The number of hydrogen-bond acceptors (Lipinski definition) is 3. The van der Waals surface area contributed by atoms with Crippen molar-refractivity contribution in [2.45, 2.75) is 182 Å². The standard InChI is InChI=1S/C22H45NO.C8H19NO/c1-2-3-4-5-6-7-8-9-10-11-12-13-14-15-16-17-18-19-20-21-22(23)24;1-5-6-7(2,3)8(4,9)10/h2-21H2,1H3,(H2,23,24);10H,5-6,9H2,1-4H3. The molecule has 1 atom stereocenters. The number of primary amides is 1. The molecule has 0 spiro atoms. The molecule has 0 rings (SSSR count). The topological polar surface area (TPSA) is 89.3 Å². The molecule has 0 aromatic heterocycles. The second-order valence-electron chi connectivity index (χ2n) is 11.4. The average molecular weight is 485 g/mol. The van der Waals surface area contributed by atoms with Crippen molar-refractivity contribution in [1.82, 2.24) is 0 Å². The predicted molar refractivity (Wildman–Crippen MR) is 151 cm³/mol. The van der Waals surface area contributed by atoms with E-state index in [2.05, 4.69) is 13.8 Å². The largest absolute Gasteiger partial charge is 0.376 e. The van der Waals surface area contributed by atoms with Crippen LogP contribution in [0.2, 0.25) is 0 Å². The number of nitrogens with two attached hydrogens (primary N) is 2. The summed E-state index contributed by atoms with van der Waals surface area (Å²) in [5.74, 6) is -0.151. The molecule has 1 amide bonds. The van der Waals surface area contributed by atoms with Crippen molar-refractivity contribution in [3.05, 3.63) is 0 Å². The van der Waals surface area contributed by atoms with E-state index >= 15 is 0 Å². The summed E-state index contributed by atoms with van der Waals surface area (Å²) in [4.78, 5) is 10.6. The third kappa shape index (κ3) is 26.0. The number of hydrogen-bond donors (Lipinski definition) is 3. The molecular weight excluding hydrogens is 420 g/mol. The van der Waals surface area contributed by atoms with Gasteiger partial charge in [-0.05, 0) is 19.8 Å². The number of rotatable bonds is 23. The molecule has 0 saturated carbocycles. The van der Waals surface area contributed by atoms with Gasteiger partial charge in [-0.25, -0.2) is 0 Å². The summed E-state index contributed by atoms with van der Waals surface area (Å²) in [7, 11) is 0. The highest BCUT2D eigenvalue weighted by molar-refractivity contribution is 5.73. The van der Waals surface area contributed by atoms with E-state index in [1.807, 2.05) is 13.8 Å². The summed E-state index contributed by atoms with van der Waals surface area (Å²) in [6.45, 7) is 10.00. The molecule has 0 aliphatic carbocycles. The van der Waals surface area contributed by atoms with Crippen LogP contribution in [0.4, 0.5) is 0 Å². The van der Waals surface area contributed by atoms with Gasteiger partial charge in [0.25, 0.3) is 0 Å². The molecule has 206 valence electrons. The minimum atomic E-state index is -1.05. The Balaban J connectivity index is 0. The molecule has 1 unspecified atom stereocenters. The van der Waals surface area contributed by atoms with Gasteiger partial charge in [-0.2, -0.15) is 0 Å². The lowest BCUT2D eigenvalue weighted by Crippen LogP contribution is -2.49. The van der Waals surface area contributed by atoms with Gasteiger partial charge in [0, 0.05) is 11.8 Å². The van der Waals surface area contributed by atoms with E-state index < -0.39 is 5.72 Å². The lowest BCUT2D eigenvalue weighted by molar-refractivity contribution is -0.118. The highest BCUT2D eigenvalue weighted by Gasteiger charge is 2.34. The Bertz CT molecular complexity index is 430. The van der Waals surface area contributed by atoms with Crippen LogP contribution in [0, 0.1) is 5.41 Å². The van der Waals surface area contributed by atoms with E-state index in [0.29, 0.717) is 6.42 Å². The zero-order valence-electron chi connectivity index (χ0n) is 24.1. The van der Waals surface area contributed by atoms with Gasteiger partial charge in [-0.3, -0.25) is 4.79 Å². The first-order chi connectivity index (χ1) is 16.1. The Kier molecular flexibility index (Phi) is 25.2. The molecular formula is C30H64N2O2. The second kappa shape index (κ2) is 24.1. The summed E-state index contributed by atoms with van der Waals surface area (Å²) < 4.78 is 0. The second-order valence-corrected chi connectivity index (χ2v) is 11.4. The van der Waals surface area contributed by atoms with Gasteiger partial charge >= 0.3 is 0 Å². The maximum absolute atomic E-state index is 10.6. The minimum absolute atomic E-state index is 0.151. The number of aliphatic hydroxyl groups is 1. The molecule has 0 heterocycles. The maximum atomic E-state index is 10.6. The zero-order chi connectivity index (χ0) is 26.1. The zero-order valence-corrected chi connectivity index (χ0v) is 24.1. The van der Waals surface area contributed by atoms with Crippen LogP contribution in [0.3, 0.4) is 0 Å². The quantitative estimate of drug-likeness (QED) is 0.0999. The highest BCUT2D eigenvalue weighted by Crippen LogP contribution is 2.31. The van der Waals surface area contributed by atoms with Crippen molar-refractivity contribution >= 4 is 5.91 Å². The Morgan fingerprint density at radius 2 is 0.882 bits per heavy atom. The molecule has 0 fully saturated rings. The summed E-state index contributed by atoms with van der Waals surface area (Å²) in [6, 6.07) is 0. The van der Waals surface area contributed by atoms with E-state index in [1.54, 1.807) is 6.92 Å². The third-order valence-corrected chi connectivity index (χ3v) is 7.27. The fraction of sp³-hybridized carbons (Fsp3) is 0.967. The number of unbranched alkanes of at least 4 members (excludes halogenated alkanes) is 18. The van der Waals surface area contributed by atoms with Crippen LogP contribution in [-0.4, -0.2) is 16.7 Å². The van der Waals surface area contributed by atoms with E-state index in [9.17, 15) is 9.90 Å². The number of carbonyl (C=O) groups is 1. The van der Waals surface area contributed by atoms with Crippen molar-refractivity contribution in [3.63, 3.8) is 0 Å². The van der Waals surface area contributed by atoms with Crippen molar-refractivity contribution in [3.8, 4) is 0 Å².